The van der Waals surface area contributed by atoms with Crippen LogP contribution in [0, 0.1) is 0 Å². The van der Waals surface area contributed by atoms with E-state index in [2.05, 4.69) is 6.92 Å². The molecule has 11 heteroatoms. The molecular weight excluding hydrogens is 716 g/mol. The molecule has 0 atom stereocenters. The van der Waals surface area contributed by atoms with Gasteiger partial charge in [0.1, 0.15) is 35.2 Å². The summed E-state index contributed by atoms with van der Waals surface area (Å²) in [6.07, 6.45) is 11.0. The first-order valence-corrected chi connectivity index (χ1v) is 17.1. The summed E-state index contributed by atoms with van der Waals surface area (Å²) in [6.45, 7) is 5.68. The van der Waals surface area contributed by atoms with Crippen molar-refractivity contribution in [2.45, 2.75) is 58.9 Å². The number of hydrogen-bond acceptors (Lipinski definition) is 9. The summed E-state index contributed by atoms with van der Waals surface area (Å²) >= 11 is 0. The molecule has 0 aliphatic carbocycles. The van der Waals surface area contributed by atoms with Gasteiger partial charge in [0, 0.05) is 31.9 Å². The van der Waals surface area contributed by atoms with E-state index in [1.165, 1.54) is 43.9 Å². The largest absolute Gasteiger partial charge is 0.494 e. The number of esters is 3. The first-order chi connectivity index (χ1) is 24.3. The third kappa shape index (κ3) is 13.1. The summed E-state index contributed by atoms with van der Waals surface area (Å²) in [6, 6.07) is 21.5. The van der Waals surface area contributed by atoms with Crippen LogP contribution in [0.1, 0.15) is 83.4 Å². The molecule has 1 heterocycles. The van der Waals surface area contributed by atoms with Crippen molar-refractivity contribution in [2.24, 2.45) is 0 Å². The number of rotatable bonds is 19. The van der Waals surface area contributed by atoms with Crippen molar-refractivity contribution < 1.29 is 42.6 Å². The highest BCUT2D eigenvalue weighted by Crippen LogP contribution is 2.27. The van der Waals surface area contributed by atoms with Crippen LogP contribution in [0.3, 0.4) is 0 Å². The van der Waals surface area contributed by atoms with Crippen LogP contribution in [-0.2, 0) is 11.3 Å². The van der Waals surface area contributed by atoms with Gasteiger partial charge in [0.05, 0.1) is 24.3 Å². The lowest BCUT2D eigenvalue weighted by atomic mass is 10.1. The van der Waals surface area contributed by atoms with Crippen molar-refractivity contribution in [1.29, 1.82) is 0 Å². The van der Waals surface area contributed by atoms with Gasteiger partial charge in [0.25, 0.3) is 0 Å². The molecule has 1 aromatic heterocycles. The molecule has 51 heavy (non-hydrogen) atoms. The lowest BCUT2D eigenvalue weighted by Crippen LogP contribution is -2.35. The van der Waals surface area contributed by atoms with E-state index in [4.69, 9.17) is 23.7 Å². The Morgan fingerprint density at radius 3 is 1.76 bits per heavy atom. The van der Waals surface area contributed by atoms with Gasteiger partial charge in [-0.1, -0.05) is 39.0 Å². The van der Waals surface area contributed by atoms with Gasteiger partial charge >= 0.3 is 17.9 Å². The Morgan fingerprint density at radius 1 is 0.627 bits per heavy atom. The molecule has 0 radical (unpaired) electrons. The average Bonchev–Trinajstić information content (AvgIpc) is 3.12. The van der Waals surface area contributed by atoms with Crippen molar-refractivity contribution >= 4 is 40.6 Å². The van der Waals surface area contributed by atoms with Crippen LogP contribution in [0.25, 0.3) is 0 Å². The van der Waals surface area contributed by atoms with Crippen molar-refractivity contribution in [3.63, 3.8) is 0 Å². The number of aromatic nitrogens is 1. The van der Waals surface area contributed by atoms with Crippen molar-refractivity contribution in [1.82, 2.24) is 0 Å². The van der Waals surface area contributed by atoms with E-state index in [9.17, 15) is 14.4 Å². The maximum Gasteiger partial charge on any atom is 0.343 e. The summed E-state index contributed by atoms with van der Waals surface area (Å²) in [5.74, 6) is -0.683. The molecule has 0 saturated carbocycles. The first kappa shape index (κ1) is 40.5. The van der Waals surface area contributed by atoms with Gasteiger partial charge in [-0.25, -0.2) is 19.0 Å². The number of nitrogens with zero attached hydrogens (tertiary/aromatic N) is 2. The van der Waals surface area contributed by atoms with E-state index >= 15 is 0 Å². The normalized spacial score (nSPS) is 10.4. The summed E-state index contributed by atoms with van der Waals surface area (Å²) in [7, 11) is 3.98. The molecule has 4 rings (SSSR count). The molecule has 0 saturated heterocycles. The number of carbonyl (C=O) groups is 3. The average molecular weight is 765 g/mol. The number of anilines is 1. The number of pyridine rings is 1. The zero-order valence-corrected chi connectivity index (χ0v) is 31.5. The van der Waals surface area contributed by atoms with Gasteiger partial charge in [-0.3, -0.25) is 0 Å². The molecular formula is C40H48BrN2O8+. The maximum atomic E-state index is 13.0. The van der Waals surface area contributed by atoms with Crippen molar-refractivity contribution in [2.75, 3.05) is 38.8 Å². The molecule has 0 amide bonds. The van der Waals surface area contributed by atoms with Gasteiger partial charge in [0.15, 0.2) is 18.9 Å². The third-order valence-corrected chi connectivity index (χ3v) is 7.81. The van der Waals surface area contributed by atoms with Crippen LogP contribution in [0.2, 0.25) is 0 Å². The predicted octanol–water partition coefficient (Wildman–Crippen LogP) is 8.05. The van der Waals surface area contributed by atoms with E-state index in [0.29, 0.717) is 36.8 Å². The fraction of sp³-hybridized carbons (Fsp3) is 0.350. The minimum atomic E-state index is -0.724. The second-order valence-electron chi connectivity index (χ2n) is 11.9. The van der Waals surface area contributed by atoms with Crippen molar-refractivity contribution in [3.05, 3.63) is 108 Å². The Labute approximate surface area is 311 Å². The summed E-state index contributed by atoms with van der Waals surface area (Å²) < 4.78 is 30.0. The molecule has 4 aromatic rings. The number of carbonyl (C=O) groups excluding carboxylic acids is 3. The molecule has 3 aromatic carbocycles. The molecule has 0 fully saturated rings. The summed E-state index contributed by atoms with van der Waals surface area (Å²) in [5.41, 5.74) is 1.63. The first-order valence-electron chi connectivity index (χ1n) is 17.1. The van der Waals surface area contributed by atoms with Crippen LogP contribution in [0.15, 0.2) is 91.3 Å². The van der Waals surface area contributed by atoms with E-state index in [-0.39, 0.29) is 46.2 Å². The SMILES string of the molecule is Br.CCCCCCCCOc1ccc(C(=O)Oc2ccc(OC(=O)c3ccc(OCC[n+]4ccc(N(C)C)cc4)cc3)c(C(=O)OCC)c2)cc1. The second kappa shape index (κ2) is 21.3. The molecule has 0 aliphatic rings. The highest BCUT2D eigenvalue weighted by atomic mass is 79.9. The Kier molecular flexibility index (Phi) is 17.0. The molecule has 0 aliphatic heterocycles. The predicted molar refractivity (Wildman–Crippen MR) is 201 cm³/mol. The van der Waals surface area contributed by atoms with Gasteiger partial charge < -0.3 is 28.6 Å². The van der Waals surface area contributed by atoms with E-state index in [0.717, 1.165) is 18.5 Å². The molecule has 10 nitrogen and oxygen atoms in total. The topological polar surface area (TPSA) is 104 Å². The van der Waals surface area contributed by atoms with Crippen LogP contribution >= 0.6 is 17.0 Å². The highest BCUT2D eigenvalue weighted by molar-refractivity contribution is 8.93. The summed E-state index contributed by atoms with van der Waals surface area (Å²) in [4.78, 5) is 40.8. The Hall–Kier alpha value is -4.90. The monoisotopic (exact) mass is 763 g/mol. The van der Waals surface area contributed by atoms with Crippen LogP contribution in [0.5, 0.6) is 23.0 Å². The minimum absolute atomic E-state index is 0. The number of hydrogen-bond donors (Lipinski definition) is 0. The molecule has 0 unspecified atom stereocenters. The lowest BCUT2D eigenvalue weighted by molar-refractivity contribution is -0.697. The zero-order chi connectivity index (χ0) is 35.7. The second-order valence-corrected chi connectivity index (χ2v) is 11.9. The molecule has 0 spiro atoms. The summed E-state index contributed by atoms with van der Waals surface area (Å²) in [5, 5.41) is 0. The zero-order valence-electron chi connectivity index (χ0n) is 29.8. The fourth-order valence-corrected chi connectivity index (χ4v) is 4.97. The smallest absolute Gasteiger partial charge is 0.343 e. The number of unbranched alkanes of at least 4 members (excludes halogenated alkanes) is 5. The molecule has 272 valence electrons. The Morgan fingerprint density at radius 2 is 1.18 bits per heavy atom. The number of halogens is 1. The van der Waals surface area contributed by atoms with E-state index in [1.807, 2.05) is 48.1 Å². The Balaban J connectivity index is 0.00000702. The standard InChI is InChI=1S/C40H47N2O8.BrH/c1-5-7-8-9-10-11-27-47-33-16-12-30(13-17-33)38(43)49-35-20-21-37(36(29-35)40(45)46-6-2)50-39(44)31-14-18-34(19-15-31)48-28-26-42-24-22-32(23-25-42)41(3)4;/h12-25,29H,5-11,26-28H2,1-4H3;1H/q+1;. The van der Waals surface area contributed by atoms with Gasteiger partial charge in [-0.2, -0.15) is 0 Å². The van der Waals surface area contributed by atoms with Gasteiger partial charge in [-0.05, 0) is 80.1 Å². The minimum Gasteiger partial charge on any atom is -0.494 e. The van der Waals surface area contributed by atoms with Crippen molar-refractivity contribution in [3.8, 4) is 23.0 Å². The van der Waals surface area contributed by atoms with E-state index in [1.54, 1.807) is 55.5 Å². The quantitative estimate of drug-likeness (QED) is 0.0406. The van der Waals surface area contributed by atoms with Crippen LogP contribution < -0.4 is 28.4 Å². The third-order valence-electron chi connectivity index (χ3n) is 7.81. The highest BCUT2D eigenvalue weighted by Gasteiger charge is 2.20. The van der Waals surface area contributed by atoms with E-state index < -0.39 is 17.9 Å². The van der Waals surface area contributed by atoms with Crippen LogP contribution in [0.4, 0.5) is 5.69 Å². The van der Waals surface area contributed by atoms with Gasteiger partial charge in [-0.15, -0.1) is 17.0 Å². The van der Waals surface area contributed by atoms with Gasteiger partial charge in [0.2, 0.25) is 0 Å². The maximum absolute atomic E-state index is 13.0. The van der Waals surface area contributed by atoms with Crippen LogP contribution in [-0.4, -0.2) is 51.8 Å². The Bertz CT molecular complexity index is 1680. The lowest BCUT2D eigenvalue weighted by Gasteiger charge is -2.12. The number of benzene rings is 3. The fourth-order valence-electron chi connectivity index (χ4n) is 4.97. The molecule has 0 bridgehead atoms. The number of ether oxygens (including phenoxy) is 5. The molecule has 0 N–H and O–H groups in total.